The van der Waals surface area contributed by atoms with Gasteiger partial charge >= 0.3 is 0 Å². The lowest BCUT2D eigenvalue weighted by Crippen LogP contribution is -1.93. The number of aromatic nitrogens is 1. The summed E-state index contributed by atoms with van der Waals surface area (Å²) >= 11 is 6.07. The van der Waals surface area contributed by atoms with Gasteiger partial charge in [0.05, 0.1) is 11.0 Å². The summed E-state index contributed by atoms with van der Waals surface area (Å²) in [6, 6.07) is 38.5. The summed E-state index contributed by atoms with van der Waals surface area (Å²) in [4.78, 5) is 0. The molecule has 0 aliphatic carbocycles. The first-order valence-corrected chi connectivity index (χ1v) is 10.4. The number of benzene rings is 5. The molecular weight excluding hydrogens is 386 g/mol. The molecule has 0 unspecified atom stereocenters. The van der Waals surface area contributed by atoms with Gasteiger partial charge in [-0.1, -0.05) is 84.4 Å². The quantitative estimate of drug-likeness (QED) is 0.274. The highest BCUT2D eigenvalue weighted by atomic mass is 35.5. The maximum atomic E-state index is 6.07. The number of hydrogen-bond acceptors (Lipinski definition) is 0. The van der Waals surface area contributed by atoms with Crippen LogP contribution in [0.25, 0.3) is 49.4 Å². The molecule has 6 rings (SSSR count). The first-order chi connectivity index (χ1) is 14.8. The fourth-order valence-corrected chi connectivity index (χ4v) is 4.58. The maximum absolute atomic E-state index is 6.07. The molecule has 0 aliphatic rings. The standard InChI is InChI=1S/C28H18ClN/c29-22-14-10-19(11-15-22)20-12-16-24-21(18-20)13-17-26-25-8-4-5-9-27(25)30(28(24)26)23-6-2-1-3-7-23/h1-18H. The van der Waals surface area contributed by atoms with Crippen molar-refractivity contribution >= 4 is 44.2 Å². The molecule has 0 atom stereocenters. The Balaban J connectivity index is 1.69. The minimum Gasteiger partial charge on any atom is -0.309 e. The van der Waals surface area contributed by atoms with Crippen molar-refractivity contribution in [2.75, 3.05) is 0 Å². The highest BCUT2D eigenvalue weighted by Crippen LogP contribution is 2.37. The van der Waals surface area contributed by atoms with E-state index in [1.165, 1.54) is 49.4 Å². The van der Waals surface area contributed by atoms with Gasteiger partial charge in [-0.3, -0.25) is 0 Å². The molecule has 142 valence electrons. The predicted octanol–water partition coefficient (Wildman–Crippen LogP) is 8.26. The number of hydrogen-bond donors (Lipinski definition) is 0. The monoisotopic (exact) mass is 403 g/mol. The van der Waals surface area contributed by atoms with Crippen molar-refractivity contribution in [3.05, 3.63) is 114 Å². The van der Waals surface area contributed by atoms with Gasteiger partial charge in [-0.15, -0.1) is 0 Å². The zero-order valence-electron chi connectivity index (χ0n) is 16.2. The summed E-state index contributed by atoms with van der Waals surface area (Å²) in [7, 11) is 0. The third-order valence-electron chi connectivity index (χ3n) is 5.84. The molecule has 2 heteroatoms. The second kappa shape index (κ2) is 6.76. The van der Waals surface area contributed by atoms with Crippen LogP contribution in [0.1, 0.15) is 0 Å². The van der Waals surface area contributed by atoms with Gasteiger partial charge < -0.3 is 4.57 Å². The molecule has 6 aromatic rings. The zero-order valence-corrected chi connectivity index (χ0v) is 17.0. The lowest BCUT2D eigenvalue weighted by Gasteiger charge is -2.11. The Morgan fingerprint density at radius 1 is 0.533 bits per heavy atom. The molecule has 0 N–H and O–H groups in total. The molecule has 1 aromatic heterocycles. The first-order valence-electron chi connectivity index (χ1n) is 10.1. The topological polar surface area (TPSA) is 4.93 Å². The van der Waals surface area contributed by atoms with Crippen LogP contribution in [0.5, 0.6) is 0 Å². The number of para-hydroxylation sites is 2. The Hall–Kier alpha value is -3.55. The maximum Gasteiger partial charge on any atom is 0.0619 e. The van der Waals surface area contributed by atoms with Crippen LogP contribution in [0.3, 0.4) is 0 Å². The van der Waals surface area contributed by atoms with E-state index < -0.39 is 0 Å². The van der Waals surface area contributed by atoms with Gasteiger partial charge in [-0.25, -0.2) is 0 Å². The number of rotatable bonds is 2. The van der Waals surface area contributed by atoms with Crippen LogP contribution in [0.4, 0.5) is 0 Å². The van der Waals surface area contributed by atoms with Crippen LogP contribution < -0.4 is 0 Å². The summed E-state index contributed by atoms with van der Waals surface area (Å²) in [5.74, 6) is 0. The fraction of sp³-hybridized carbons (Fsp3) is 0. The van der Waals surface area contributed by atoms with Crippen molar-refractivity contribution in [3.63, 3.8) is 0 Å². The second-order valence-electron chi connectivity index (χ2n) is 7.59. The largest absolute Gasteiger partial charge is 0.309 e. The average molecular weight is 404 g/mol. The lowest BCUT2D eigenvalue weighted by atomic mass is 9.99. The number of fused-ring (bicyclic) bond motifs is 5. The number of halogens is 1. The third kappa shape index (κ3) is 2.63. The van der Waals surface area contributed by atoms with Crippen molar-refractivity contribution < 1.29 is 0 Å². The Labute approximate surface area is 179 Å². The molecule has 1 nitrogen and oxygen atoms in total. The molecule has 0 radical (unpaired) electrons. The fourth-order valence-electron chi connectivity index (χ4n) is 4.46. The molecule has 0 amide bonds. The van der Waals surface area contributed by atoms with Crippen LogP contribution in [0.15, 0.2) is 109 Å². The highest BCUT2D eigenvalue weighted by molar-refractivity contribution is 6.30. The lowest BCUT2D eigenvalue weighted by molar-refractivity contribution is 1.19. The minimum absolute atomic E-state index is 0.758. The van der Waals surface area contributed by atoms with Crippen LogP contribution in [0.2, 0.25) is 5.02 Å². The summed E-state index contributed by atoms with van der Waals surface area (Å²) in [6.45, 7) is 0. The molecule has 0 fully saturated rings. The average Bonchev–Trinajstić information content (AvgIpc) is 3.15. The van der Waals surface area contributed by atoms with Gasteiger partial charge in [0.2, 0.25) is 0 Å². The summed E-state index contributed by atoms with van der Waals surface area (Å²) in [5, 5.41) is 5.80. The van der Waals surface area contributed by atoms with Gasteiger partial charge in [0.25, 0.3) is 0 Å². The van der Waals surface area contributed by atoms with Crippen molar-refractivity contribution in [3.8, 4) is 16.8 Å². The van der Waals surface area contributed by atoms with Crippen molar-refractivity contribution in [1.82, 2.24) is 4.57 Å². The Morgan fingerprint density at radius 3 is 2.07 bits per heavy atom. The van der Waals surface area contributed by atoms with E-state index >= 15 is 0 Å². The molecule has 0 aliphatic heterocycles. The van der Waals surface area contributed by atoms with E-state index in [9.17, 15) is 0 Å². The molecule has 1 heterocycles. The van der Waals surface area contributed by atoms with E-state index in [0.29, 0.717) is 0 Å². The van der Waals surface area contributed by atoms with Gasteiger partial charge in [0.15, 0.2) is 0 Å². The molecule has 0 saturated heterocycles. The summed E-state index contributed by atoms with van der Waals surface area (Å²) in [5.41, 5.74) is 6.03. The number of nitrogens with zero attached hydrogens (tertiary/aromatic N) is 1. The van der Waals surface area contributed by atoms with E-state index in [1.807, 2.05) is 12.1 Å². The van der Waals surface area contributed by atoms with E-state index in [2.05, 4.69) is 102 Å². The Bertz CT molecular complexity index is 1530. The van der Waals surface area contributed by atoms with Crippen LogP contribution in [-0.2, 0) is 0 Å². The van der Waals surface area contributed by atoms with Gasteiger partial charge in [-0.2, -0.15) is 0 Å². The summed E-state index contributed by atoms with van der Waals surface area (Å²) < 4.78 is 2.38. The molecule has 5 aromatic carbocycles. The van der Waals surface area contributed by atoms with E-state index in [1.54, 1.807) is 0 Å². The molecule has 0 spiro atoms. The predicted molar refractivity (Wildman–Crippen MR) is 129 cm³/mol. The SMILES string of the molecule is Clc1ccc(-c2ccc3c(ccc4c5ccccc5n(-c5ccccc5)c34)c2)cc1. The molecule has 0 saturated carbocycles. The van der Waals surface area contributed by atoms with Crippen molar-refractivity contribution in [2.24, 2.45) is 0 Å². The summed E-state index contributed by atoms with van der Waals surface area (Å²) in [6.07, 6.45) is 0. The van der Waals surface area contributed by atoms with Gasteiger partial charge in [0, 0.05) is 26.9 Å². The van der Waals surface area contributed by atoms with E-state index in [0.717, 1.165) is 5.02 Å². The normalized spacial score (nSPS) is 11.5. The van der Waals surface area contributed by atoms with Gasteiger partial charge in [-0.05, 0) is 52.9 Å². The van der Waals surface area contributed by atoms with Gasteiger partial charge in [0.1, 0.15) is 0 Å². The van der Waals surface area contributed by atoms with E-state index in [-0.39, 0.29) is 0 Å². The Morgan fingerprint density at radius 2 is 1.23 bits per heavy atom. The van der Waals surface area contributed by atoms with Crippen LogP contribution in [0, 0.1) is 0 Å². The van der Waals surface area contributed by atoms with Crippen molar-refractivity contribution in [1.29, 1.82) is 0 Å². The van der Waals surface area contributed by atoms with Crippen molar-refractivity contribution in [2.45, 2.75) is 0 Å². The second-order valence-corrected chi connectivity index (χ2v) is 8.03. The third-order valence-corrected chi connectivity index (χ3v) is 6.09. The smallest absolute Gasteiger partial charge is 0.0619 e. The van der Waals surface area contributed by atoms with E-state index in [4.69, 9.17) is 11.6 Å². The zero-order chi connectivity index (χ0) is 20.1. The molecule has 30 heavy (non-hydrogen) atoms. The first kappa shape index (κ1) is 17.3. The minimum atomic E-state index is 0.758. The van der Waals surface area contributed by atoms with Crippen LogP contribution in [-0.4, -0.2) is 4.57 Å². The Kier molecular flexibility index (Phi) is 3.90. The molecular formula is C28H18ClN. The van der Waals surface area contributed by atoms with Crippen LogP contribution >= 0.6 is 11.6 Å². The highest BCUT2D eigenvalue weighted by Gasteiger charge is 2.14. The molecule has 0 bridgehead atoms.